The van der Waals surface area contributed by atoms with Crippen molar-refractivity contribution in [3.63, 3.8) is 0 Å². The first-order valence-electron chi connectivity index (χ1n) is 15.2. The molecule has 1 aromatic carbocycles. The Morgan fingerprint density at radius 3 is 2.33 bits per heavy atom. The van der Waals surface area contributed by atoms with E-state index in [0.717, 1.165) is 35.7 Å². The summed E-state index contributed by atoms with van der Waals surface area (Å²) in [6.45, 7) is 2.15. The first-order valence-corrected chi connectivity index (χ1v) is 15.2. The van der Waals surface area contributed by atoms with Crippen molar-refractivity contribution >= 4 is 22.7 Å². The van der Waals surface area contributed by atoms with Gasteiger partial charge in [0.05, 0.1) is 17.5 Å². The Kier molecular flexibility index (Phi) is 7.74. The molecule has 8 nitrogen and oxygen atoms in total. The molecule has 210 valence electrons. The zero-order valence-electron chi connectivity index (χ0n) is 23.1. The van der Waals surface area contributed by atoms with Crippen LogP contribution in [0, 0.1) is 11.8 Å². The molecule has 2 aromatic rings. The Labute approximate surface area is 230 Å². The number of carboxylic acid groups (broad SMARTS) is 1. The highest BCUT2D eigenvalue weighted by Crippen LogP contribution is 2.47. The first kappa shape index (κ1) is 26.5. The second-order valence-electron chi connectivity index (χ2n) is 12.3. The Morgan fingerprint density at radius 1 is 0.949 bits per heavy atom. The molecule has 3 heterocycles. The molecule has 0 amide bonds. The molecular formula is C31H42N4O4. The molecule has 0 spiro atoms. The van der Waals surface area contributed by atoms with Gasteiger partial charge in [-0.25, -0.2) is 4.98 Å². The van der Waals surface area contributed by atoms with E-state index in [9.17, 15) is 14.7 Å². The maximum atomic E-state index is 14.2. The fraction of sp³-hybridized carbons (Fsp3) is 0.677. The molecule has 2 aliphatic heterocycles. The minimum atomic E-state index is -0.938. The van der Waals surface area contributed by atoms with Crippen molar-refractivity contribution in [1.29, 1.82) is 0 Å². The molecule has 4 fully saturated rings. The van der Waals surface area contributed by atoms with E-state index in [-0.39, 0.29) is 30.1 Å². The molecule has 2 aliphatic carbocycles. The quantitative estimate of drug-likeness (QED) is 0.353. The number of piperidine rings is 2. The van der Waals surface area contributed by atoms with Crippen LogP contribution in [0.25, 0.3) is 11.0 Å². The van der Waals surface area contributed by atoms with Gasteiger partial charge in [0, 0.05) is 30.6 Å². The topological polar surface area (TPSA) is 97.0 Å². The van der Waals surface area contributed by atoms with Gasteiger partial charge < -0.3 is 14.5 Å². The second-order valence-corrected chi connectivity index (χ2v) is 12.3. The highest BCUT2D eigenvalue weighted by atomic mass is 16.6. The van der Waals surface area contributed by atoms with Gasteiger partial charge in [0.2, 0.25) is 0 Å². The van der Waals surface area contributed by atoms with Crippen molar-refractivity contribution in [2.45, 2.75) is 115 Å². The smallest absolute Gasteiger partial charge is 0.303 e. The van der Waals surface area contributed by atoms with Gasteiger partial charge in [0.1, 0.15) is 12.3 Å². The summed E-state index contributed by atoms with van der Waals surface area (Å²) in [5.41, 5.74) is 1.94. The van der Waals surface area contributed by atoms with Gasteiger partial charge in [0.25, 0.3) is 5.56 Å². The van der Waals surface area contributed by atoms with E-state index in [4.69, 9.17) is 9.82 Å². The normalized spacial score (nSPS) is 31.3. The molecule has 1 N–H and O–H groups in total. The summed E-state index contributed by atoms with van der Waals surface area (Å²) in [6.07, 6.45) is 14.0. The van der Waals surface area contributed by atoms with Crippen LogP contribution in [-0.2, 0) is 9.63 Å². The van der Waals surface area contributed by atoms with Crippen LogP contribution < -0.4 is 5.56 Å². The average molecular weight is 535 g/mol. The third-order valence-corrected chi connectivity index (χ3v) is 9.84. The largest absolute Gasteiger partial charge is 0.481 e. The number of fused-ring (bicyclic) bond motifs is 5. The number of benzene rings is 1. The van der Waals surface area contributed by atoms with E-state index in [2.05, 4.69) is 10.1 Å². The number of para-hydroxylation sites is 2. The number of oxime groups is 1. The first-order chi connectivity index (χ1) is 19.0. The molecular weight excluding hydrogens is 492 g/mol. The number of nitrogens with zero attached hydrogens (tertiary/aromatic N) is 4. The molecule has 39 heavy (non-hydrogen) atoms. The van der Waals surface area contributed by atoms with Gasteiger partial charge in [-0.15, -0.1) is 0 Å². The van der Waals surface area contributed by atoms with Crippen molar-refractivity contribution < 1.29 is 14.7 Å². The lowest BCUT2D eigenvalue weighted by Gasteiger charge is -2.55. The van der Waals surface area contributed by atoms with E-state index in [1.165, 1.54) is 57.8 Å². The number of aliphatic carboxylic acids is 1. The summed E-state index contributed by atoms with van der Waals surface area (Å²) >= 11 is 0. The Bertz CT molecular complexity index is 1260. The van der Waals surface area contributed by atoms with Gasteiger partial charge in [-0.05, 0) is 75.8 Å². The number of carbonyl (C=O) groups is 1. The van der Waals surface area contributed by atoms with Crippen LogP contribution in [0.5, 0.6) is 0 Å². The Morgan fingerprint density at radius 2 is 1.64 bits per heavy atom. The minimum Gasteiger partial charge on any atom is -0.481 e. The summed E-state index contributed by atoms with van der Waals surface area (Å²) < 4.78 is 1.97. The molecule has 2 saturated heterocycles. The second kappa shape index (κ2) is 11.4. The third kappa shape index (κ3) is 5.37. The summed E-state index contributed by atoms with van der Waals surface area (Å²) in [5.74, 6) is 0.876. The molecule has 4 aliphatic rings. The lowest BCUT2D eigenvalue weighted by molar-refractivity contribution is -0.136. The van der Waals surface area contributed by atoms with E-state index in [1.54, 1.807) is 0 Å². The average Bonchev–Trinajstić information content (AvgIpc) is 2.92. The number of rotatable bonds is 8. The van der Waals surface area contributed by atoms with E-state index < -0.39 is 5.97 Å². The number of carboxylic acids is 1. The zero-order valence-corrected chi connectivity index (χ0v) is 23.1. The van der Waals surface area contributed by atoms with Gasteiger partial charge in [0.15, 0.2) is 5.69 Å². The highest BCUT2D eigenvalue weighted by Gasteiger charge is 2.45. The van der Waals surface area contributed by atoms with E-state index in [1.807, 2.05) is 35.8 Å². The van der Waals surface area contributed by atoms with Crippen molar-refractivity contribution in [3.05, 3.63) is 40.3 Å². The van der Waals surface area contributed by atoms with Crippen LogP contribution in [0.1, 0.15) is 102 Å². The molecule has 1 aromatic heterocycles. The van der Waals surface area contributed by atoms with Crippen molar-refractivity contribution in [3.8, 4) is 0 Å². The van der Waals surface area contributed by atoms with E-state index in [0.29, 0.717) is 30.4 Å². The van der Waals surface area contributed by atoms with E-state index >= 15 is 0 Å². The maximum absolute atomic E-state index is 14.2. The molecule has 6 rings (SSSR count). The fourth-order valence-corrected chi connectivity index (χ4v) is 8.42. The fourth-order valence-electron chi connectivity index (χ4n) is 8.42. The number of aromatic nitrogens is 2. The van der Waals surface area contributed by atoms with Crippen molar-refractivity contribution in [1.82, 2.24) is 14.5 Å². The van der Waals surface area contributed by atoms with Gasteiger partial charge in [-0.3, -0.25) is 14.5 Å². The number of hydrogen-bond donors (Lipinski definition) is 1. The molecule has 4 bridgehead atoms. The van der Waals surface area contributed by atoms with Crippen LogP contribution >= 0.6 is 0 Å². The van der Waals surface area contributed by atoms with Crippen molar-refractivity contribution in [2.75, 3.05) is 6.61 Å². The maximum Gasteiger partial charge on any atom is 0.303 e. The standard InChI is InChI=1S/C31H42N4O4/c1-2-39-33-27(13-14-29(36)37)30-31(38)35(28-12-4-3-11-26(28)32-30)25-18-22-9-6-10-23(19-25)34(22)24-16-20-7-5-8-21(15-20)17-24/h3-4,11-12,20-25H,2,5-10,13-19H2,1H3,(H,36,37)/b33-27+. The van der Waals surface area contributed by atoms with Crippen LogP contribution in [-0.4, -0.2) is 56.0 Å². The molecule has 2 saturated carbocycles. The van der Waals surface area contributed by atoms with Crippen LogP contribution in [0.3, 0.4) is 0 Å². The molecule has 8 heteroatoms. The summed E-state index contributed by atoms with van der Waals surface area (Å²) in [6, 6.07) is 9.64. The van der Waals surface area contributed by atoms with Crippen LogP contribution in [0.2, 0.25) is 0 Å². The zero-order chi connectivity index (χ0) is 26.9. The van der Waals surface area contributed by atoms with Crippen molar-refractivity contribution in [2.24, 2.45) is 17.0 Å². The minimum absolute atomic E-state index is 0.0895. The lowest BCUT2D eigenvalue weighted by atomic mass is 9.68. The Balaban J connectivity index is 1.35. The molecule has 4 unspecified atom stereocenters. The van der Waals surface area contributed by atoms with Gasteiger partial charge >= 0.3 is 5.97 Å². The predicted octanol–water partition coefficient (Wildman–Crippen LogP) is 5.53. The van der Waals surface area contributed by atoms with Gasteiger partial charge in [-0.1, -0.05) is 43.0 Å². The molecule has 4 atom stereocenters. The third-order valence-electron chi connectivity index (χ3n) is 9.84. The summed E-state index contributed by atoms with van der Waals surface area (Å²) in [4.78, 5) is 38.4. The predicted molar refractivity (Wildman–Crippen MR) is 151 cm³/mol. The summed E-state index contributed by atoms with van der Waals surface area (Å²) in [5, 5.41) is 13.5. The lowest BCUT2D eigenvalue weighted by Crippen LogP contribution is -2.58. The monoisotopic (exact) mass is 534 g/mol. The van der Waals surface area contributed by atoms with Crippen LogP contribution in [0.4, 0.5) is 0 Å². The SMILES string of the molecule is CCO/N=C(\CCC(=O)O)c1nc2ccccc2n(C2CC3CCCC(C2)N3C2CC3CCCC(C3)C2)c1=O. The highest BCUT2D eigenvalue weighted by molar-refractivity contribution is 6.00. The summed E-state index contributed by atoms with van der Waals surface area (Å²) in [7, 11) is 0. The molecule has 0 radical (unpaired) electrons. The van der Waals surface area contributed by atoms with Crippen LogP contribution in [0.15, 0.2) is 34.2 Å². The van der Waals surface area contributed by atoms with Gasteiger partial charge in [-0.2, -0.15) is 0 Å². The number of hydrogen-bond acceptors (Lipinski definition) is 6. The Hall–Kier alpha value is -2.74.